The lowest BCUT2D eigenvalue weighted by Gasteiger charge is -2.26. The number of esters is 1. The average molecular weight is 305 g/mol. The van der Waals surface area contributed by atoms with Crippen LogP contribution in [0.25, 0.3) is 0 Å². The van der Waals surface area contributed by atoms with Crippen LogP contribution in [0.2, 0.25) is 0 Å². The zero-order valence-corrected chi connectivity index (χ0v) is 13.4. The lowest BCUT2D eigenvalue weighted by molar-refractivity contribution is -0.897. The monoisotopic (exact) mass is 305 g/mol. The standard InChI is InChI=1S/C17H24N2O3/c1-3-22-17(21)14-4-6-15(7-5-14)18-16(20)12-19-10-8-13(2)9-11-19/h4-7,13H,3,8-12H2,1-2H3,(H,18,20)/p+1. The lowest BCUT2D eigenvalue weighted by atomic mass is 9.99. The summed E-state index contributed by atoms with van der Waals surface area (Å²) in [7, 11) is 0. The third-order valence-electron chi connectivity index (χ3n) is 4.07. The molecule has 5 heteroatoms. The molecule has 2 rings (SSSR count). The number of ether oxygens (including phenoxy) is 1. The van der Waals surface area contributed by atoms with E-state index in [1.165, 1.54) is 17.7 Å². The minimum Gasteiger partial charge on any atom is -0.462 e. The van der Waals surface area contributed by atoms with Crippen molar-refractivity contribution in [1.82, 2.24) is 0 Å². The Labute approximate surface area is 131 Å². The van der Waals surface area contributed by atoms with Crippen LogP contribution in [0.1, 0.15) is 37.0 Å². The van der Waals surface area contributed by atoms with Gasteiger partial charge in [-0.25, -0.2) is 4.79 Å². The van der Waals surface area contributed by atoms with Crippen LogP contribution in [0.4, 0.5) is 5.69 Å². The molecular weight excluding hydrogens is 280 g/mol. The van der Waals surface area contributed by atoms with E-state index < -0.39 is 0 Å². The SMILES string of the molecule is CCOC(=O)c1ccc(NC(=O)C[NH+]2CCC(C)CC2)cc1. The summed E-state index contributed by atoms with van der Waals surface area (Å²) in [4.78, 5) is 25.0. The minimum atomic E-state index is -0.341. The summed E-state index contributed by atoms with van der Waals surface area (Å²) in [6.07, 6.45) is 2.38. The maximum absolute atomic E-state index is 12.1. The van der Waals surface area contributed by atoms with Gasteiger partial charge in [0.25, 0.3) is 5.91 Å². The first-order valence-electron chi connectivity index (χ1n) is 7.99. The number of carbonyl (C=O) groups excluding carboxylic acids is 2. The van der Waals surface area contributed by atoms with Crippen molar-refractivity contribution < 1.29 is 19.2 Å². The number of amides is 1. The van der Waals surface area contributed by atoms with E-state index >= 15 is 0 Å². The van der Waals surface area contributed by atoms with Crippen molar-refractivity contribution in [3.8, 4) is 0 Å². The summed E-state index contributed by atoms with van der Waals surface area (Å²) in [5, 5.41) is 2.89. The molecular formula is C17H25N2O3+. The van der Waals surface area contributed by atoms with Gasteiger partial charge in [-0.15, -0.1) is 0 Å². The Kier molecular flexibility index (Phi) is 5.95. The number of nitrogens with one attached hydrogen (secondary N) is 2. The maximum Gasteiger partial charge on any atom is 0.338 e. The fraction of sp³-hybridized carbons (Fsp3) is 0.529. The van der Waals surface area contributed by atoms with Gasteiger partial charge in [0.1, 0.15) is 0 Å². The van der Waals surface area contributed by atoms with Crippen molar-refractivity contribution in [2.45, 2.75) is 26.7 Å². The number of hydrogen-bond acceptors (Lipinski definition) is 3. The molecule has 1 aliphatic rings. The molecule has 0 radical (unpaired) electrons. The van der Waals surface area contributed by atoms with Gasteiger partial charge in [-0.1, -0.05) is 6.92 Å². The van der Waals surface area contributed by atoms with Gasteiger partial charge in [0, 0.05) is 5.69 Å². The Hall–Kier alpha value is -1.88. The first-order valence-corrected chi connectivity index (χ1v) is 7.99. The molecule has 1 aliphatic heterocycles. The molecule has 5 nitrogen and oxygen atoms in total. The maximum atomic E-state index is 12.1. The topological polar surface area (TPSA) is 59.8 Å². The third kappa shape index (κ3) is 4.84. The summed E-state index contributed by atoms with van der Waals surface area (Å²) >= 11 is 0. The molecule has 1 aromatic carbocycles. The second kappa shape index (κ2) is 7.94. The van der Waals surface area contributed by atoms with Crippen LogP contribution in [-0.4, -0.2) is 38.1 Å². The fourth-order valence-corrected chi connectivity index (χ4v) is 2.68. The van der Waals surface area contributed by atoms with Crippen LogP contribution in [0.15, 0.2) is 24.3 Å². The second-order valence-corrected chi connectivity index (χ2v) is 5.96. The highest BCUT2D eigenvalue weighted by Crippen LogP contribution is 2.10. The van der Waals surface area contributed by atoms with Gasteiger partial charge in [-0.2, -0.15) is 0 Å². The number of hydrogen-bond donors (Lipinski definition) is 2. The van der Waals surface area contributed by atoms with E-state index in [0.717, 1.165) is 19.0 Å². The van der Waals surface area contributed by atoms with E-state index in [1.807, 2.05) is 0 Å². The van der Waals surface area contributed by atoms with Crippen molar-refractivity contribution in [3.05, 3.63) is 29.8 Å². The predicted octanol–water partition coefficient (Wildman–Crippen LogP) is 1.12. The molecule has 1 heterocycles. The van der Waals surface area contributed by atoms with Crippen LogP contribution in [0.3, 0.4) is 0 Å². The molecule has 2 N–H and O–H groups in total. The van der Waals surface area contributed by atoms with Crippen molar-refractivity contribution in [1.29, 1.82) is 0 Å². The first kappa shape index (κ1) is 16.5. The van der Waals surface area contributed by atoms with Gasteiger partial charge in [-0.05, 0) is 49.9 Å². The summed E-state index contributed by atoms with van der Waals surface area (Å²) < 4.78 is 4.93. The summed E-state index contributed by atoms with van der Waals surface area (Å²) in [5.41, 5.74) is 1.21. The van der Waals surface area contributed by atoms with Crippen molar-refractivity contribution in [2.24, 2.45) is 5.92 Å². The highest BCUT2D eigenvalue weighted by atomic mass is 16.5. The Morgan fingerprint density at radius 2 is 1.86 bits per heavy atom. The molecule has 1 amide bonds. The normalized spacial score (nSPS) is 21.2. The van der Waals surface area contributed by atoms with E-state index in [-0.39, 0.29) is 11.9 Å². The summed E-state index contributed by atoms with van der Waals surface area (Å²) in [6, 6.07) is 6.81. The summed E-state index contributed by atoms with van der Waals surface area (Å²) in [6.45, 7) is 7.03. The molecule has 0 saturated carbocycles. The molecule has 0 atom stereocenters. The third-order valence-corrected chi connectivity index (χ3v) is 4.07. The molecule has 120 valence electrons. The number of quaternary nitrogens is 1. The molecule has 0 spiro atoms. The molecule has 0 bridgehead atoms. The number of carbonyl (C=O) groups is 2. The van der Waals surface area contributed by atoms with Crippen LogP contribution in [0.5, 0.6) is 0 Å². The summed E-state index contributed by atoms with van der Waals surface area (Å²) in [5.74, 6) is 0.461. The molecule has 22 heavy (non-hydrogen) atoms. The largest absolute Gasteiger partial charge is 0.462 e. The molecule has 1 saturated heterocycles. The van der Waals surface area contributed by atoms with Gasteiger partial charge in [0.15, 0.2) is 6.54 Å². The number of anilines is 1. The zero-order valence-electron chi connectivity index (χ0n) is 13.4. The first-order chi connectivity index (χ1) is 10.6. The van der Waals surface area contributed by atoms with Gasteiger partial charge in [0.2, 0.25) is 0 Å². The van der Waals surface area contributed by atoms with Gasteiger partial charge < -0.3 is 15.0 Å². The second-order valence-electron chi connectivity index (χ2n) is 5.96. The molecule has 0 aromatic heterocycles. The van der Waals surface area contributed by atoms with Crippen LogP contribution in [-0.2, 0) is 9.53 Å². The quantitative estimate of drug-likeness (QED) is 0.801. The van der Waals surface area contributed by atoms with E-state index in [1.54, 1.807) is 31.2 Å². The van der Waals surface area contributed by atoms with Gasteiger partial charge in [0.05, 0.1) is 25.3 Å². The number of rotatable bonds is 5. The molecule has 0 unspecified atom stereocenters. The van der Waals surface area contributed by atoms with E-state index in [9.17, 15) is 9.59 Å². The van der Waals surface area contributed by atoms with Gasteiger partial charge in [-0.3, -0.25) is 4.79 Å². The Morgan fingerprint density at radius 1 is 1.23 bits per heavy atom. The molecule has 1 aromatic rings. The van der Waals surface area contributed by atoms with E-state index in [2.05, 4.69) is 12.2 Å². The minimum absolute atomic E-state index is 0.0217. The van der Waals surface area contributed by atoms with E-state index in [4.69, 9.17) is 4.74 Å². The van der Waals surface area contributed by atoms with Crippen molar-refractivity contribution >= 4 is 17.6 Å². The Morgan fingerprint density at radius 3 is 2.45 bits per heavy atom. The smallest absolute Gasteiger partial charge is 0.338 e. The zero-order chi connectivity index (χ0) is 15.9. The Bertz CT molecular complexity index is 505. The number of piperidine rings is 1. The van der Waals surface area contributed by atoms with Crippen molar-refractivity contribution in [2.75, 3.05) is 31.6 Å². The van der Waals surface area contributed by atoms with E-state index in [0.29, 0.717) is 24.4 Å². The highest BCUT2D eigenvalue weighted by Gasteiger charge is 2.21. The van der Waals surface area contributed by atoms with Gasteiger partial charge >= 0.3 is 5.97 Å². The average Bonchev–Trinajstić information content (AvgIpc) is 2.50. The number of likely N-dealkylation sites (tertiary alicyclic amines) is 1. The highest BCUT2D eigenvalue weighted by molar-refractivity contribution is 5.93. The van der Waals surface area contributed by atoms with Crippen LogP contribution < -0.4 is 10.2 Å². The lowest BCUT2D eigenvalue weighted by Crippen LogP contribution is -3.14. The number of benzene rings is 1. The molecule has 1 fully saturated rings. The molecule has 0 aliphatic carbocycles. The Balaban J connectivity index is 1.82. The van der Waals surface area contributed by atoms with Crippen molar-refractivity contribution in [3.63, 3.8) is 0 Å². The van der Waals surface area contributed by atoms with Crippen LogP contribution in [0, 0.1) is 5.92 Å². The predicted molar refractivity (Wildman–Crippen MR) is 85.0 cm³/mol. The van der Waals surface area contributed by atoms with Crippen LogP contribution >= 0.6 is 0 Å². The fourth-order valence-electron chi connectivity index (χ4n) is 2.68.